The number of hydrogen-bond acceptors (Lipinski definition) is 6. The predicted octanol–water partition coefficient (Wildman–Crippen LogP) is 2.96. The van der Waals surface area contributed by atoms with Crippen LogP contribution in [0.25, 0.3) is 11.0 Å². The highest BCUT2D eigenvalue weighted by atomic mass is 32.2. The lowest BCUT2D eigenvalue weighted by Gasteiger charge is -2.33. The second-order valence-electron chi connectivity index (χ2n) is 9.31. The van der Waals surface area contributed by atoms with E-state index >= 15 is 0 Å². The van der Waals surface area contributed by atoms with Gasteiger partial charge in [-0.25, -0.2) is 13.9 Å². The summed E-state index contributed by atoms with van der Waals surface area (Å²) in [6.45, 7) is 7.73. The van der Waals surface area contributed by atoms with Crippen LogP contribution >= 0.6 is 0 Å². The van der Waals surface area contributed by atoms with Crippen molar-refractivity contribution in [3.05, 3.63) is 47.3 Å². The van der Waals surface area contributed by atoms with E-state index in [1.807, 2.05) is 48.6 Å². The third-order valence-corrected chi connectivity index (χ3v) is 7.11. The van der Waals surface area contributed by atoms with Crippen molar-refractivity contribution in [3.8, 4) is 5.75 Å². The SMILES string of the molecule is Cc1cc(C(=O)N2CCCC(COc3cccc4c3C(N)=NS(=O)N4)C2)c2cnn(C(C)C)c2n1. The number of nitrogens with two attached hydrogens (primary N) is 1. The van der Waals surface area contributed by atoms with Crippen LogP contribution in [0.3, 0.4) is 0 Å². The molecule has 0 radical (unpaired) electrons. The number of ether oxygens (including phenoxy) is 1. The number of amidine groups is 1. The third-order valence-electron chi connectivity index (χ3n) is 6.36. The van der Waals surface area contributed by atoms with Gasteiger partial charge in [0.25, 0.3) is 5.91 Å². The zero-order valence-electron chi connectivity index (χ0n) is 20.0. The molecular formula is C24H29N7O3S. The Balaban J connectivity index is 1.32. The Labute approximate surface area is 206 Å². The fourth-order valence-corrected chi connectivity index (χ4v) is 5.39. The molecule has 0 bridgehead atoms. The Hall–Kier alpha value is -3.47. The van der Waals surface area contributed by atoms with Gasteiger partial charge in [-0.1, -0.05) is 6.07 Å². The molecule has 3 aromatic rings. The Kier molecular flexibility index (Phi) is 6.18. The van der Waals surface area contributed by atoms with E-state index in [-0.39, 0.29) is 23.7 Å². The molecule has 2 aromatic heterocycles. The van der Waals surface area contributed by atoms with Crippen molar-refractivity contribution in [1.82, 2.24) is 19.7 Å². The van der Waals surface area contributed by atoms with Gasteiger partial charge in [-0.05, 0) is 51.8 Å². The number of aryl methyl sites for hydroxylation is 1. The summed E-state index contributed by atoms with van der Waals surface area (Å²) in [6, 6.07) is 7.45. The van der Waals surface area contributed by atoms with E-state index in [1.165, 1.54) is 0 Å². The number of hydrogen-bond donors (Lipinski definition) is 2. The summed E-state index contributed by atoms with van der Waals surface area (Å²) < 4.78 is 26.4. The number of anilines is 1. The average molecular weight is 496 g/mol. The van der Waals surface area contributed by atoms with Crippen molar-refractivity contribution in [2.75, 3.05) is 24.4 Å². The molecule has 5 rings (SSSR count). The van der Waals surface area contributed by atoms with Crippen molar-refractivity contribution in [2.45, 2.75) is 39.7 Å². The number of rotatable bonds is 5. The molecule has 2 unspecified atom stereocenters. The number of fused-ring (bicyclic) bond motifs is 2. The lowest BCUT2D eigenvalue weighted by Crippen LogP contribution is -2.41. The minimum absolute atomic E-state index is 0.00588. The average Bonchev–Trinajstić information content (AvgIpc) is 3.25. The second kappa shape index (κ2) is 9.29. The van der Waals surface area contributed by atoms with Crippen LogP contribution in [0.15, 0.2) is 34.9 Å². The van der Waals surface area contributed by atoms with Gasteiger partial charge in [0.2, 0.25) is 11.2 Å². The number of aromatic nitrogens is 3. The van der Waals surface area contributed by atoms with E-state index in [1.54, 1.807) is 12.3 Å². The van der Waals surface area contributed by atoms with Crippen molar-refractivity contribution in [1.29, 1.82) is 0 Å². The minimum atomic E-state index is -1.59. The van der Waals surface area contributed by atoms with Gasteiger partial charge in [0.1, 0.15) is 11.6 Å². The first-order valence-corrected chi connectivity index (χ1v) is 12.9. The molecular weight excluding hydrogens is 466 g/mol. The molecule has 2 aliphatic rings. The van der Waals surface area contributed by atoms with Gasteiger partial charge in [-0.2, -0.15) is 9.50 Å². The molecule has 11 heteroatoms. The number of nitrogens with one attached hydrogen (secondary N) is 1. The van der Waals surface area contributed by atoms with Crippen LogP contribution in [-0.4, -0.2) is 55.3 Å². The normalized spacial score (nSPS) is 19.9. The smallest absolute Gasteiger partial charge is 0.254 e. The molecule has 1 aromatic carbocycles. The van der Waals surface area contributed by atoms with Crippen LogP contribution in [-0.2, 0) is 11.2 Å². The van der Waals surface area contributed by atoms with Crippen molar-refractivity contribution in [3.63, 3.8) is 0 Å². The van der Waals surface area contributed by atoms with Crippen LogP contribution in [0.2, 0.25) is 0 Å². The molecule has 35 heavy (non-hydrogen) atoms. The Bertz CT molecular complexity index is 1350. The Morgan fingerprint density at radius 1 is 1.37 bits per heavy atom. The van der Waals surface area contributed by atoms with Crippen LogP contribution in [0.5, 0.6) is 5.75 Å². The van der Waals surface area contributed by atoms with E-state index in [0.29, 0.717) is 42.3 Å². The maximum atomic E-state index is 13.6. The standard InChI is InChI=1S/C24H29N7O3S/c1-14(2)31-23-18(11-26-31)17(10-15(3)27-23)24(32)30-9-5-6-16(12-30)13-34-20-8-4-7-19-21(20)22(25)29-35(33)28-19/h4,7-8,10-11,14,16,28H,5-6,9,12-13H2,1-3H3,(H2,25,29). The summed E-state index contributed by atoms with van der Waals surface area (Å²) >= 11 is -1.59. The molecule has 1 saturated heterocycles. The quantitative estimate of drug-likeness (QED) is 0.560. The Morgan fingerprint density at radius 3 is 3.00 bits per heavy atom. The van der Waals surface area contributed by atoms with Gasteiger partial charge in [0.15, 0.2) is 5.65 Å². The summed E-state index contributed by atoms with van der Waals surface area (Å²) in [4.78, 5) is 20.1. The van der Waals surface area contributed by atoms with Gasteiger partial charge in [-0.3, -0.25) is 9.52 Å². The molecule has 0 spiro atoms. The maximum Gasteiger partial charge on any atom is 0.254 e. The molecule has 1 amide bonds. The number of carbonyl (C=O) groups is 1. The summed E-state index contributed by atoms with van der Waals surface area (Å²) in [5, 5.41) is 5.25. The molecule has 3 N–H and O–H groups in total. The van der Waals surface area contributed by atoms with Gasteiger partial charge >= 0.3 is 0 Å². The highest BCUT2D eigenvalue weighted by Gasteiger charge is 2.28. The third kappa shape index (κ3) is 4.47. The van der Waals surface area contributed by atoms with Crippen LogP contribution in [0.4, 0.5) is 5.69 Å². The van der Waals surface area contributed by atoms with Crippen LogP contribution < -0.4 is 15.2 Å². The monoisotopic (exact) mass is 495 g/mol. The molecule has 1 fully saturated rings. The molecule has 0 aliphatic carbocycles. The molecule has 2 aliphatic heterocycles. The van der Waals surface area contributed by atoms with Crippen molar-refractivity contribution in [2.24, 2.45) is 16.0 Å². The van der Waals surface area contributed by atoms with E-state index in [2.05, 4.69) is 19.2 Å². The molecule has 2 atom stereocenters. The zero-order valence-corrected chi connectivity index (χ0v) is 20.8. The first-order chi connectivity index (χ1) is 16.8. The summed E-state index contributed by atoms with van der Waals surface area (Å²) in [5.74, 6) is 0.939. The Morgan fingerprint density at radius 2 is 2.20 bits per heavy atom. The molecule has 4 heterocycles. The topological polar surface area (TPSA) is 128 Å². The zero-order chi connectivity index (χ0) is 24.7. The summed E-state index contributed by atoms with van der Waals surface area (Å²) in [5.41, 5.74) is 9.45. The lowest BCUT2D eigenvalue weighted by atomic mass is 9.97. The fraction of sp³-hybridized carbons (Fsp3) is 0.417. The highest BCUT2D eigenvalue weighted by molar-refractivity contribution is 7.85. The summed E-state index contributed by atoms with van der Waals surface area (Å²) in [7, 11) is 0. The number of benzene rings is 1. The second-order valence-corrected chi connectivity index (χ2v) is 10.2. The van der Waals surface area contributed by atoms with Crippen LogP contribution in [0.1, 0.15) is 54.3 Å². The van der Waals surface area contributed by atoms with Crippen molar-refractivity contribution < 1.29 is 13.7 Å². The largest absolute Gasteiger partial charge is 0.492 e. The number of carbonyl (C=O) groups excluding carboxylic acids is 1. The van der Waals surface area contributed by atoms with E-state index in [9.17, 15) is 9.00 Å². The van der Waals surface area contributed by atoms with Gasteiger partial charge < -0.3 is 15.4 Å². The molecule has 0 saturated carbocycles. The predicted molar refractivity (Wildman–Crippen MR) is 136 cm³/mol. The fourth-order valence-electron chi connectivity index (χ4n) is 4.71. The summed E-state index contributed by atoms with van der Waals surface area (Å²) in [6.07, 6.45) is 3.60. The number of piperidine rings is 1. The van der Waals surface area contributed by atoms with Crippen molar-refractivity contribution >= 4 is 39.6 Å². The van der Waals surface area contributed by atoms with Gasteiger partial charge in [-0.15, -0.1) is 0 Å². The molecule has 10 nitrogen and oxygen atoms in total. The lowest BCUT2D eigenvalue weighted by molar-refractivity contribution is 0.0635. The van der Waals surface area contributed by atoms with E-state index in [0.717, 1.165) is 29.6 Å². The minimum Gasteiger partial charge on any atom is -0.492 e. The maximum absolute atomic E-state index is 13.6. The van der Waals surface area contributed by atoms with E-state index in [4.69, 9.17) is 10.5 Å². The number of nitrogens with zero attached hydrogens (tertiary/aromatic N) is 5. The number of amides is 1. The van der Waals surface area contributed by atoms with Crippen LogP contribution in [0, 0.1) is 12.8 Å². The first-order valence-electron chi connectivity index (χ1n) is 11.7. The number of likely N-dealkylation sites (tertiary alicyclic amines) is 1. The van der Waals surface area contributed by atoms with E-state index < -0.39 is 11.2 Å². The van der Waals surface area contributed by atoms with Gasteiger partial charge in [0.05, 0.1) is 35.0 Å². The number of pyridine rings is 1. The highest BCUT2D eigenvalue weighted by Crippen LogP contribution is 2.31. The molecule has 184 valence electrons. The first kappa shape index (κ1) is 23.3. The van der Waals surface area contributed by atoms with Gasteiger partial charge in [0, 0.05) is 30.7 Å².